The summed E-state index contributed by atoms with van der Waals surface area (Å²) in [5.74, 6) is 1.19. The van der Waals surface area contributed by atoms with Gasteiger partial charge in [0.2, 0.25) is 0 Å². The van der Waals surface area contributed by atoms with Crippen molar-refractivity contribution >= 4 is 5.91 Å². The molecule has 106 valence electrons. The van der Waals surface area contributed by atoms with Crippen molar-refractivity contribution in [1.29, 1.82) is 0 Å². The van der Waals surface area contributed by atoms with Gasteiger partial charge in [-0.1, -0.05) is 17.3 Å². The van der Waals surface area contributed by atoms with Crippen LogP contribution in [0.25, 0.3) is 0 Å². The highest BCUT2D eigenvalue weighted by atomic mass is 16.5. The maximum atomic E-state index is 12.0. The van der Waals surface area contributed by atoms with Crippen molar-refractivity contribution in [2.45, 2.75) is 26.8 Å². The van der Waals surface area contributed by atoms with Crippen molar-refractivity contribution in [3.05, 3.63) is 47.3 Å². The summed E-state index contributed by atoms with van der Waals surface area (Å²) in [4.78, 5) is 12.0. The average molecular weight is 274 g/mol. The van der Waals surface area contributed by atoms with Crippen LogP contribution in [0.4, 0.5) is 0 Å². The lowest BCUT2D eigenvalue weighted by Gasteiger charge is -2.13. The van der Waals surface area contributed by atoms with Crippen molar-refractivity contribution in [3.8, 4) is 5.75 Å². The summed E-state index contributed by atoms with van der Waals surface area (Å²) in [6.45, 7) is 6.24. The van der Waals surface area contributed by atoms with Crippen molar-refractivity contribution in [1.82, 2.24) is 10.5 Å². The van der Waals surface area contributed by atoms with Gasteiger partial charge in [0, 0.05) is 6.07 Å². The number of carbonyl (C=O) groups excluding carboxylic acids is 1. The van der Waals surface area contributed by atoms with Gasteiger partial charge in [0.05, 0.1) is 12.6 Å². The molecule has 1 aromatic heterocycles. The highest BCUT2D eigenvalue weighted by molar-refractivity contribution is 5.92. The summed E-state index contributed by atoms with van der Waals surface area (Å²) < 4.78 is 10.3. The second kappa shape index (κ2) is 6.23. The monoisotopic (exact) mass is 274 g/mol. The molecule has 0 saturated carbocycles. The quantitative estimate of drug-likeness (QED) is 0.910. The topological polar surface area (TPSA) is 64.4 Å². The van der Waals surface area contributed by atoms with Crippen LogP contribution in [0.5, 0.6) is 5.75 Å². The third kappa shape index (κ3) is 3.38. The van der Waals surface area contributed by atoms with Crippen molar-refractivity contribution in [3.63, 3.8) is 0 Å². The SMILES string of the molecule is CCOc1ccc([C@@H](C)NC(=O)c2cc(C)on2)cc1. The van der Waals surface area contributed by atoms with Crippen LogP contribution in [0.2, 0.25) is 0 Å². The van der Waals surface area contributed by atoms with E-state index in [4.69, 9.17) is 9.26 Å². The highest BCUT2D eigenvalue weighted by Gasteiger charge is 2.14. The molecule has 0 aliphatic rings. The lowest BCUT2D eigenvalue weighted by molar-refractivity contribution is 0.0930. The summed E-state index contributed by atoms with van der Waals surface area (Å²) in [6.07, 6.45) is 0. The predicted octanol–water partition coefficient (Wildman–Crippen LogP) is 2.87. The largest absolute Gasteiger partial charge is 0.494 e. The molecule has 0 radical (unpaired) electrons. The number of nitrogens with zero attached hydrogens (tertiary/aromatic N) is 1. The molecule has 0 bridgehead atoms. The van der Waals surface area contributed by atoms with Crippen LogP contribution < -0.4 is 10.1 Å². The molecule has 0 fully saturated rings. The summed E-state index contributed by atoms with van der Waals surface area (Å²) in [7, 11) is 0. The van der Waals surface area contributed by atoms with Crippen LogP contribution in [-0.2, 0) is 0 Å². The number of rotatable bonds is 5. The fourth-order valence-corrected chi connectivity index (χ4v) is 1.85. The van der Waals surface area contributed by atoms with Crippen molar-refractivity contribution in [2.24, 2.45) is 0 Å². The number of aryl methyl sites for hydroxylation is 1. The Balaban J connectivity index is 2.00. The lowest BCUT2D eigenvalue weighted by Crippen LogP contribution is -2.26. The minimum absolute atomic E-state index is 0.116. The summed E-state index contributed by atoms with van der Waals surface area (Å²) in [5, 5.41) is 6.57. The van der Waals surface area contributed by atoms with Crippen molar-refractivity contribution in [2.75, 3.05) is 6.61 Å². The minimum atomic E-state index is -0.247. The second-order valence-corrected chi connectivity index (χ2v) is 4.52. The molecule has 2 aromatic rings. The smallest absolute Gasteiger partial charge is 0.273 e. The Morgan fingerprint density at radius 3 is 2.65 bits per heavy atom. The van der Waals surface area contributed by atoms with Gasteiger partial charge in [0.15, 0.2) is 5.69 Å². The summed E-state index contributed by atoms with van der Waals surface area (Å²) >= 11 is 0. The maximum Gasteiger partial charge on any atom is 0.273 e. The zero-order valence-corrected chi connectivity index (χ0v) is 11.8. The van der Waals surface area contributed by atoms with E-state index in [0.717, 1.165) is 11.3 Å². The van der Waals surface area contributed by atoms with Gasteiger partial charge < -0.3 is 14.6 Å². The molecule has 0 aliphatic heterocycles. The Morgan fingerprint density at radius 1 is 1.40 bits per heavy atom. The maximum absolute atomic E-state index is 12.0. The zero-order valence-electron chi connectivity index (χ0n) is 11.8. The highest BCUT2D eigenvalue weighted by Crippen LogP contribution is 2.18. The van der Waals surface area contributed by atoms with Gasteiger partial charge in [-0.2, -0.15) is 0 Å². The Labute approximate surface area is 117 Å². The second-order valence-electron chi connectivity index (χ2n) is 4.52. The fourth-order valence-electron chi connectivity index (χ4n) is 1.85. The number of hydrogen-bond donors (Lipinski definition) is 1. The van der Waals surface area contributed by atoms with E-state index in [2.05, 4.69) is 10.5 Å². The summed E-state index contributed by atoms with van der Waals surface area (Å²) in [5.41, 5.74) is 1.29. The first-order valence-electron chi connectivity index (χ1n) is 6.57. The number of carbonyl (C=O) groups is 1. The number of aromatic nitrogens is 1. The number of amides is 1. The van der Waals surface area contributed by atoms with Crippen LogP contribution in [0.15, 0.2) is 34.9 Å². The molecule has 1 amide bonds. The molecule has 0 saturated heterocycles. The first-order valence-corrected chi connectivity index (χ1v) is 6.57. The Morgan fingerprint density at radius 2 is 2.10 bits per heavy atom. The number of ether oxygens (including phenoxy) is 1. The fraction of sp³-hybridized carbons (Fsp3) is 0.333. The lowest BCUT2D eigenvalue weighted by atomic mass is 10.1. The predicted molar refractivity (Wildman–Crippen MR) is 74.7 cm³/mol. The van der Waals surface area contributed by atoms with Gasteiger partial charge in [0.25, 0.3) is 5.91 Å². The third-order valence-corrected chi connectivity index (χ3v) is 2.90. The van der Waals surface area contributed by atoms with E-state index < -0.39 is 0 Å². The Kier molecular flexibility index (Phi) is 4.40. The van der Waals surface area contributed by atoms with E-state index in [1.54, 1.807) is 13.0 Å². The van der Waals surface area contributed by atoms with E-state index in [0.29, 0.717) is 18.1 Å². The van der Waals surface area contributed by atoms with E-state index in [1.165, 1.54) is 0 Å². The third-order valence-electron chi connectivity index (χ3n) is 2.90. The van der Waals surface area contributed by atoms with E-state index >= 15 is 0 Å². The molecule has 20 heavy (non-hydrogen) atoms. The van der Waals surface area contributed by atoms with Crippen LogP contribution in [0, 0.1) is 6.92 Å². The summed E-state index contributed by atoms with van der Waals surface area (Å²) in [6, 6.07) is 9.15. The Hall–Kier alpha value is -2.30. The molecular formula is C15H18N2O3. The van der Waals surface area contributed by atoms with E-state index in [9.17, 15) is 4.79 Å². The molecule has 5 nitrogen and oxygen atoms in total. The zero-order chi connectivity index (χ0) is 14.5. The molecular weight excluding hydrogens is 256 g/mol. The van der Waals surface area contributed by atoms with Crippen LogP contribution in [0.1, 0.15) is 41.7 Å². The van der Waals surface area contributed by atoms with E-state index in [-0.39, 0.29) is 11.9 Å². The van der Waals surface area contributed by atoms with Crippen LogP contribution >= 0.6 is 0 Å². The minimum Gasteiger partial charge on any atom is -0.494 e. The molecule has 5 heteroatoms. The standard InChI is InChI=1S/C15H18N2O3/c1-4-19-13-7-5-12(6-8-13)11(3)16-15(18)14-9-10(2)20-17-14/h5-9,11H,4H2,1-3H3,(H,16,18)/t11-/m1/s1. The first kappa shape index (κ1) is 14.1. The van der Waals surface area contributed by atoms with Gasteiger partial charge in [0.1, 0.15) is 11.5 Å². The molecule has 0 aliphatic carbocycles. The number of benzene rings is 1. The normalized spacial score (nSPS) is 11.9. The average Bonchev–Trinajstić information content (AvgIpc) is 2.86. The van der Waals surface area contributed by atoms with Gasteiger partial charge in [-0.25, -0.2) is 0 Å². The van der Waals surface area contributed by atoms with Gasteiger partial charge >= 0.3 is 0 Å². The van der Waals surface area contributed by atoms with Gasteiger partial charge in [-0.15, -0.1) is 0 Å². The first-order chi connectivity index (χ1) is 9.60. The molecule has 0 spiro atoms. The number of nitrogens with one attached hydrogen (secondary N) is 1. The molecule has 1 atom stereocenters. The molecule has 0 unspecified atom stereocenters. The van der Waals surface area contributed by atoms with Crippen LogP contribution in [-0.4, -0.2) is 17.7 Å². The molecule has 1 heterocycles. The van der Waals surface area contributed by atoms with Crippen molar-refractivity contribution < 1.29 is 14.1 Å². The van der Waals surface area contributed by atoms with E-state index in [1.807, 2.05) is 38.1 Å². The van der Waals surface area contributed by atoms with Gasteiger partial charge in [-0.3, -0.25) is 4.79 Å². The molecule has 1 aromatic carbocycles. The van der Waals surface area contributed by atoms with Crippen LogP contribution in [0.3, 0.4) is 0 Å². The molecule has 1 N–H and O–H groups in total. The number of hydrogen-bond acceptors (Lipinski definition) is 4. The van der Waals surface area contributed by atoms with Gasteiger partial charge in [-0.05, 0) is 38.5 Å². The Bertz CT molecular complexity index is 575. The molecule has 2 rings (SSSR count).